The molecule has 0 saturated heterocycles. The first-order valence-electron chi connectivity index (χ1n) is 8.70. The Hall–Kier alpha value is -4.00. The largest absolute Gasteiger partial charge is 0.306 e. The number of hydrogen-bond acceptors (Lipinski definition) is 4. The SMILES string of the molecule is O=C(Cn1ccccc1=O)N/N=C\c1ccc(-n2cnc3ccccc32)cc1. The Morgan fingerprint density at radius 1 is 1.04 bits per heavy atom. The van der Waals surface area contributed by atoms with Gasteiger partial charge in [0.1, 0.15) is 12.9 Å². The number of fused-ring (bicyclic) bond motifs is 1. The number of rotatable bonds is 5. The van der Waals surface area contributed by atoms with E-state index >= 15 is 0 Å². The van der Waals surface area contributed by atoms with Gasteiger partial charge in [0.15, 0.2) is 0 Å². The molecule has 0 aliphatic heterocycles. The summed E-state index contributed by atoms with van der Waals surface area (Å²) in [5.41, 5.74) is 5.99. The van der Waals surface area contributed by atoms with Gasteiger partial charge < -0.3 is 4.57 Å². The summed E-state index contributed by atoms with van der Waals surface area (Å²) >= 11 is 0. The van der Waals surface area contributed by atoms with Crippen LogP contribution in [0.3, 0.4) is 0 Å². The summed E-state index contributed by atoms with van der Waals surface area (Å²) < 4.78 is 3.32. The van der Waals surface area contributed by atoms with E-state index in [2.05, 4.69) is 15.5 Å². The molecular formula is C21H17N5O2. The lowest BCUT2D eigenvalue weighted by Gasteiger charge is -2.05. The number of hydrazone groups is 1. The Morgan fingerprint density at radius 2 is 1.82 bits per heavy atom. The molecule has 0 aliphatic carbocycles. The molecule has 4 aromatic rings. The van der Waals surface area contributed by atoms with Gasteiger partial charge in [-0.15, -0.1) is 0 Å². The minimum absolute atomic E-state index is 0.0797. The van der Waals surface area contributed by atoms with Gasteiger partial charge in [-0.3, -0.25) is 14.2 Å². The fourth-order valence-corrected chi connectivity index (χ4v) is 2.85. The Balaban J connectivity index is 1.41. The van der Waals surface area contributed by atoms with E-state index in [-0.39, 0.29) is 18.0 Å². The van der Waals surface area contributed by atoms with Crippen molar-refractivity contribution in [2.75, 3.05) is 0 Å². The van der Waals surface area contributed by atoms with Crippen molar-refractivity contribution < 1.29 is 4.79 Å². The zero-order valence-electron chi connectivity index (χ0n) is 14.9. The third kappa shape index (κ3) is 3.73. The molecular weight excluding hydrogens is 354 g/mol. The minimum Gasteiger partial charge on any atom is -0.306 e. The minimum atomic E-state index is -0.369. The number of pyridine rings is 1. The topological polar surface area (TPSA) is 81.3 Å². The first kappa shape index (κ1) is 17.4. The molecule has 2 heterocycles. The first-order chi connectivity index (χ1) is 13.7. The summed E-state index contributed by atoms with van der Waals surface area (Å²) in [6.45, 7) is -0.0797. The van der Waals surface area contributed by atoms with E-state index in [9.17, 15) is 9.59 Å². The second kappa shape index (κ2) is 7.71. The standard InChI is InChI=1S/C21H17N5O2/c27-20(14-25-12-4-3-7-21(25)28)24-23-13-16-8-10-17(11-9-16)26-15-22-18-5-1-2-6-19(18)26/h1-13,15H,14H2,(H,24,27)/b23-13-. The molecule has 2 aromatic heterocycles. The highest BCUT2D eigenvalue weighted by atomic mass is 16.2. The summed E-state index contributed by atoms with van der Waals surface area (Å²) in [6.07, 6.45) is 4.91. The van der Waals surface area contributed by atoms with Gasteiger partial charge in [0, 0.05) is 18.0 Å². The van der Waals surface area contributed by atoms with Crippen molar-refractivity contribution in [2.45, 2.75) is 6.54 Å². The molecule has 0 bridgehead atoms. The number of carbonyl (C=O) groups is 1. The van der Waals surface area contributed by atoms with Crippen LogP contribution in [0.1, 0.15) is 5.56 Å². The molecule has 0 saturated carbocycles. The number of aromatic nitrogens is 3. The van der Waals surface area contributed by atoms with Gasteiger partial charge >= 0.3 is 0 Å². The summed E-state index contributed by atoms with van der Waals surface area (Å²) in [5, 5.41) is 3.95. The Kier molecular flexibility index (Phi) is 4.79. The fraction of sp³-hybridized carbons (Fsp3) is 0.0476. The van der Waals surface area contributed by atoms with Crippen molar-refractivity contribution in [1.29, 1.82) is 0 Å². The number of carbonyl (C=O) groups excluding carboxylic acids is 1. The van der Waals surface area contributed by atoms with Crippen molar-refractivity contribution in [1.82, 2.24) is 19.5 Å². The lowest BCUT2D eigenvalue weighted by molar-refractivity contribution is -0.121. The molecule has 1 amide bonds. The maximum absolute atomic E-state index is 11.9. The third-order valence-electron chi connectivity index (χ3n) is 4.24. The summed E-state index contributed by atoms with van der Waals surface area (Å²) in [5.74, 6) is -0.369. The second-order valence-corrected chi connectivity index (χ2v) is 6.15. The highest BCUT2D eigenvalue weighted by Crippen LogP contribution is 2.17. The molecule has 0 atom stereocenters. The van der Waals surface area contributed by atoms with Crippen molar-refractivity contribution >= 4 is 23.2 Å². The van der Waals surface area contributed by atoms with E-state index in [1.807, 2.05) is 53.1 Å². The quantitative estimate of drug-likeness (QED) is 0.432. The molecule has 7 heteroatoms. The van der Waals surface area contributed by atoms with Crippen molar-refractivity contribution in [3.63, 3.8) is 0 Å². The monoisotopic (exact) mass is 371 g/mol. The Morgan fingerprint density at radius 3 is 2.64 bits per heavy atom. The normalized spacial score (nSPS) is 11.1. The fourth-order valence-electron chi connectivity index (χ4n) is 2.85. The average Bonchev–Trinajstić information content (AvgIpc) is 3.14. The molecule has 138 valence electrons. The molecule has 0 aliphatic rings. The van der Waals surface area contributed by atoms with Crippen LogP contribution in [0.2, 0.25) is 0 Å². The lowest BCUT2D eigenvalue weighted by Crippen LogP contribution is -2.28. The maximum atomic E-state index is 11.9. The van der Waals surface area contributed by atoms with Gasteiger partial charge in [-0.25, -0.2) is 10.4 Å². The average molecular weight is 371 g/mol. The van der Waals surface area contributed by atoms with E-state index in [1.165, 1.54) is 10.6 Å². The molecule has 7 nitrogen and oxygen atoms in total. The van der Waals surface area contributed by atoms with Crippen molar-refractivity contribution in [3.8, 4) is 5.69 Å². The van der Waals surface area contributed by atoms with Gasteiger partial charge in [0.2, 0.25) is 0 Å². The first-order valence-corrected chi connectivity index (χ1v) is 8.70. The van der Waals surface area contributed by atoms with Crippen LogP contribution in [-0.4, -0.2) is 26.2 Å². The van der Waals surface area contributed by atoms with Gasteiger partial charge in [-0.05, 0) is 35.9 Å². The van der Waals surface area contributed by atoms with Gasteiger partial charge in [-0.1, -0.05) is 30.3 Å². The Bertz CT molecular complexity index is 1210. The molecule has 0 fully saturated rings. The van der Waals surface area contributed by atoms with Crippen LogP contribution in [0.4, 0.5) is 0 Å². The number of imidazole rings is 1. The zero-order chi connectivity index (χ0) is 19.3. The van der Waals surface area contributed by atoms with Crippen LogP contribution in [0.25, 0.3) is 16.7 Å². The molecule has 2 aromatic carbocycles. The van der Waals surface area contributed by atoms with Gasteiger partial charge in [0.05, 0.1) is 17.2 Å². The number of amides is 1. The van der Waals surface area contributed by atoms with E-state index in [0.717, 1.165) is 22.3 Å². The number of para-hydroxylation sites is 2. The summed E-state index contributed by atoms with van der Waals surface area (Å²) in [4.78, 5) is 27.9. The number of hydrogen-bond donors (Lipinski definition) is 1. The Labute approximate surface area is 160 Å². The molecule has 0 radical (unpaired) electrons. The highest BCUT2D eigenvalue weighted by Gasteiger charge is 2.04. The van der Waals surface area contributed by atoms with Crippen LogP contribution in [0.5, 0.6) is 0 Å². The predicted molar refractivity (Wildman–Crippen MR) is 108 cm³/mol. The second-order valence-electron chi connectivity index (χ2n) is 6.15. The van der Waals surface area contributed by atoms with Crippen LogP contribution in [-0.2, 0) is 11.3 Å². The van der Waals surface area contributed by atoms with Crippen molar-refractivity contribution in [2.24, 2.45) is 5.10 Å². The van der Waals surface area contributed by atoms with Crippen LogP contribution < -0.4 is 11.0 Å². The van der Waals surface area contributed by atoms with E-state index in [1.54, 1.807) is 30.9 Å². The molecule has 1 N–H and O–H groups in total. The van der Waals surface area contributed by atoms with Gasteiger partial charge in [0.25, 0.3) is 11.5 Å². The smallest absolute Gasteiger partial charge is 0.260 e. The van der Waals surface area contributed by atoms with Crippen LogP contribution in [0, 0.1) is 0 Å². The number of nitrogens with one attached hydrogen (secondary N) is 1. The maximum Gasteiger partial charge on any atom is 0.260 e. The van der Waals surface area contributed by atoms with E-state index in [4.69, 9.17) is 0 Å². The van der Waals surface area contributed by atoms with E-state index < -0.39 is 0 Å². The molecule has 4 rings (SSSR count). The highest BCUT2D eigenvalue weighted by molar-refractivity contribution is 5.83. The van der Waals surface area contributed by atoms with Crippen LogP contribution in [0.15, 0.2) is 89.2 Å². The van der Waals surface area contributed by atoms with E-state index in [0.29, 0.717) is 0 Å². The number of nitrogens with zero attached hydrogens (tertiary/aromatic N) is 4. The molecule has 0 spiro atoms. The van der Waals surface area contributed by atoms with Crippen molar-refractivity contribution in [3.05, 3.63) is 95.2 Å². The van der Waals surface area contributed by atoms with Gasteiger partial charge in [-0.2, -0.15) is 5.10 Å². The lowest BCUT2D eigenvalue weighted by atomic mass is 10.2. The third-order valence-corrected chi connectivity index (χ3v) is 4.24. The predicted octanol–water partition coefficient (Wildman–Crippen LogP) is 2.34. The van der Waals surface area contributed by atoms with Crippen LogP contribution >= 0.6 is 0 Å². The zero-order valence-corrected chi connectivity index (χ0v) is 14.9. The molecule has 0 unspecified atom stereocenters. The number of benzene rings is 2. The summed E-state index contributed by atoms with van der Waals surface area (Å²) in [7, 11) is 0. The molecule has 28 heavy (non-hydrogen) atoms. The summed E-state index contributed by atoms with van der Waals surface area (Å²) in [6, 6.07) is 20.4.